The second kappa shape index (κ2) is 8.41. The molecule has 0 radical (unpaired) electrons. The third-order valence-electron chi connectivity index (χ3n) is 4.02. The van der Waals surface area contributed by atoms with Crippen LogP contribution < -0.4 is 14.3 Å². The summed E-state index contributed by atoms with van der Waals surface area (Å²) in [5.74, 6) is 2.63. The maximum Gasteiger partial charge on any atom is 0.258 e. The molecular formula is C19H18N2O3S3. The lowest BCUT2D eigenvalue weighted by Gasteiger charge is -2.04. The number of carbonyl (C=O) groups excluding carboxylic acids is 1. The minimum Gasteiger partial charge on any atom is -0.454 e. The molecule has 1 aromatic heterocycles. The fraction of sp³-hybridized carbons (Fsp3) is 0.263. The van der Waals surface area contributed by atoms with E-state index in [1.54, 1.807) is 11.8 Å². The van der Waals surface area contributed by atoms with Crippen molar-refractivity contribution in [2.24, 2.45) is 4.99 Å². The van der Waals surface area contributed by atoms with Gasteiger partial charge in [-0.15, -0.1) is 11.8 Å². The van der Waals surface area contributed by atoms with E-state index in [4.69, 9.17) is 9.47 Å². The lowest BCUT2D eigenvalue weighted by atomic mass is 10.3. The van der Waals surface area contributed by atoms with Crippen LogP contribution in [0.25, 0.3) is 10.2 Å². The molecule has 0 spiro atoms. The van der Waals surface area contributed by atoms with Crippen LogP contribution in [0.2, 0.25) is 0 Å². The highest BCUT2D eigenvalue weighted by Crippen LogP contribution is 2.37. The smallest absolute Gasteiger partial charge is 0.258 e. The van der Waals surface area contributed by atoms with Crippen molar-refractivity contribution in [3.05, 3.63) is 47.3 Å². The van der Waals surface area contributed by atoms with Crippen LogP contribution in [0, 0.1) is 0 Å². The van der Waals surface area contributed by atoms with Crippen molar-refractivity contribution in [1.29, 1.82) is 0 Å². The van der Waals surface area contributed by atoms with Crippen LogP contribution >= 0.6 is 34.9 Å². The zero-order valence-corrected chi connectivity index (χ0v) is 17.2. The molecule has 140 valence electrons. The average Bonchev–Trinajstić information content (AvgIpc) is 3.27. The Morgan fingerprint density at radius 3 is 2.78 bits per heavy atom. The molecule has 4 rings (SSSR count). The zero-order chi connectivity index (χ0) is 18.6. The number of thiazole rings is 1. The van der Waals surface area contributed by atoms with Crippen molar-refractivity contribution in [3.63, 3.8) is 0 Å². The SMILES string of the molecule is CSCCn1c(=NC(=O)CSc2ccccc2)sc2cc3c(cc21)OCO3. The Kier molecular flexibility index (Phi) is 5.75. The fourth-order valence-corrected chi connectivity index (χ4v) is 4.90. The number of nitrogens with zero attached hydrogens (tertiary/aromatic N) is 2. The Bertz CT molecular complexity index is 1030. The quantitative estimate of drug-likeness (QED) is 0.566. The van der Waals surface area contributed by atoms with Crippen LogP contribution in [0.4, 0.5) is 0 Å². The van der Waals surface area contributed by atoms with Crippen molar-refractivity contribution >= 4 is 51.0 Å². The third kappa shape index (κ3) is 4.17. The van der Waals surface area contributed by atoms with Crippen molar-refractivity contribution in [1.82, 2.24) is 4.57 Å². The van der Waals surface area contributed by atoms with Crippen LogP contribution in [0.3, 0.4) is 0 Å². The third-order valence-corrected chi connectivity index (χ3v) is 6.65. The Morgan fingerprint density at radius 1 is 1.22 bits per heavy atom. The van der Waals surface area contributed by atoms with Crippen molar-refractivity contribution in [3.8, 4) is 11.5 Å². The minimum atomic E-state index is -0.131. The van der Waals surface area contributed by atoms with E-state index in [0.29, 0.717) is 5.75 Å². The lowest BCUT2D eigenvalue weighted by molar-refractivity contribution is -0.115. The number of fused-ring (bicyclic) bond motifs is 2. The first kappa shape index (κ1) is 18.5. The number of amides is 1. The second-order valence-electron chi connectivity index (χ2n) is 5.81. The number of carbonyl (C=O) groups is 1. The highest BCUT2D eigenvalue weighted by molar-refractivity contribution is 8.00. The Labute approximate surface area is 169 Å². The maximum atomic E-state index is 12.4. The molecule has 0 fully saturated rings. The van der Waals surface area contributed by atoms with Crippen LogP contribution in [0.1, 0.15) is 0 Å². The zero-order valence-electron chi connectivity index (χ0n) is 14.7. The van der Waals surface area contributed by atoms with Gasteiger partial charge in [-0.2, -0.15) is 16.8 Å². The van der Waals surface area contributed by atoms with Gasteiger partial charge in [0.25, 0.3) is 5.91 Å². The van der Waals surface area contributed by atoms with Gasteiger partial charge in [-0.05, 0) is 18.4 Å². The summed E-state index contributed by atoms with van der Waals surface area (Å²) >= 11 is 4.78. The molecule has 0 saturated carbocycles. The molecule has 27 heavy (non-hydrogen) atoms. The summed E-state index contributed by atoms with van der Waals surface area (Å²) in [4.78, 5) is 18.6. The van der Waals surface area contributed by atoms with E-state index in [1.807, 2.05) is 42.5 Å². The molecule has 2 aromatic carbocycles. The molecule has 8 heteroatoms. The molecule has 0 bridgehead atoms. The van der Waals surface area contributed by atoms with Gasteiger partial charge < -0.3 is 14.0 Å². The Balaban J connectivity index is 1.64. The van der Waals surface area contributed by atoms with Crippen LogP contribution in [0.5, 0.6) is 11.5 Å². The number of rotatable bonds is 6. The predicted molar refractivity (Wildman–Crippen MR) is 112 cm³/mol. The number of hydrogen-bond donors (Lipinski definition) is 0. The normalized spacial score (nSPS) is 13.4. The summed E-state index contributed by atoms with van der Waals surface area (Å²) in [5.41, 5.74) is 1.03. The molecule has 1 aliphatic rings. The standard InChI is InChI=1S/C19H18N2O3S3/c1-25-8-7-21-14-9-15-16(24-12-23-15)10-17(14)27-19(21)20-18(22)11-26-13-5-3-2-4-6-13/h2-6,9-10H,7-8,11-12H2,1H3. The Morgan fingerprint density at radius 2 is 2.00 bits per heavy atom. The van der Waals surface area contributed by atoms with E-state index in [0.717, 1.165) is 43.7 Å². The van der Waals surface area contributed by atoms with Gasteiger partial charge in [-0.1, -0.05) is 29.5 Å². The van der Waals surface area contributed by atoms with E-state index in [1.165, 1.54) is 23.1 Å². The monoisotopic (exact) mass is 418 g/mol. The van der Waals surface area contributed by atoms with Gasteiger partial charge in [0.15, 0.2) is 16.3 Å². The molecule has 1 aliphatic heterocycles. The fourth-order valence-electron chi connectivity index (χ4n) is 2.74. The topological polar surface area (TPSA) is 52.8 Å². The number of thioether (sulfide) groups is 2. The van der Waals surface area contributed by atoms with Crippen LogP contribution in [-0.2, 0) is 11.3 Å². The van der Waals surface area contributed by atoms with E-state index in [9.17, 15) is 4.79 Å². The molecule has 0 unspecified atom stereocenters. The van der Waals surface area contributed by atoms with Crippen molar-refractivity contribution in [2.45, 2.75) is 11.4 Å². The molecule has 2 heterocycles. The number of benzene rings is 2. The number of aromatic nitrogens is 1. The van der Waals surface area contributed by atoms with Gasteiger partial charge in [0.05, 0.1) is 16.0 Å². The summed E-state index contributed by atoms with van der Waals surface area (Å²) in [6.45, 7) is 1.04. The average molecular weight is 419 g/mol. The van der Waals surface area contributed by atoms with Gasteiger partial charge in [0.2, 0.25) is 6.79 Å². The Hall–Kier alpha value is -1.90. The summed E-state index contributed by atoms with van der Waals surface area (Å²) < 4.78 is 14.1. The lowest BCUT2D eigenvalue weighted by Crippen LogP contribution is -2.18. The van der Waals surface area contributed by atoms with Crippen LogP contribution in [0.15, 0.2) is 52.4 Å². The van der Waals surface area contributed by atoms with Gasteiger partial charge in [-0.3, -0.25) is 4.79 Å². The maximum absolute atomic E-state index is 12.4. The first-order valence-corrected chi connectivity index (χ1v) is 11.6. The molecule has 0 saturated heterocycles. The number of ether oxygens (including phenoxy) is 2. The highest BCUT2D eigenvalue weighted by atomic mass is 32.2. The predicted octanol–water partition coefficient (Wildman–Crippen LogP) is 4.01. The summed E-state index contributed by atoms with van der Waals surface area (Å²) in [7, 11) is 0. The van der Waals surface area contributed by atoms with Gasteiger partial charge in [0.1, 0.15) is 0 Å². The first-order chi connectivity index (χ1) is 13.2. The molecule has 0 N–H and O–H groups in total. The molecule has 0 atom stereocenters. The number of aryl methyl sites for hydroxylation is 1. The van der Waals surface area contributed by atoms with Gasteiger partial charge in [-0.25, -0.2) is 0 Å². The molecule has 1 amide bonds. The van der Waals surface area contributed by atoms with Crippen molar-refractivity contribution < 1.29 is 14.3 Å². The first-order valence-electron chi connectivity index (χ1n) is 8.42. The molecule has 3 aromatic rings. The highest BCUT2D eigenvalue weighted by Gasteiger charge is 2.18. The van der Waals surface area contributed by atoms with E-state index in [2.05, 4.69) is 15.8 Å². The van der Waals surface area contributed by atoms with Crippen LogP contribution in [-0.4, -0.2) is 35.0 Å². The summed E-state index contributed by atoms with van der Waals surface area (Å²) in [6.07, 6.45) is 2.07. The largest absolute Gasteiger partial charge is 0.454 e. The van der Waals surface area contributed by atoms with E-state index < -0.39 is 0 Å². The second-order valence-corrected chi connectivity index (χ2v) is 8.85. The number of hydrogen-bond acceptors (Lipinski definition) is 6. The summed E-state index contributed by atoms with van der Waals surface area (Å²) in [5, 5.41) is 0. The molecular weight excluding hydrogens is 400 g/mol. The van der Waals surface area contributed by atoms with E-state index >= 15 is 0 Å². The van der Waals surface area contributed by atoms with E-state index in [-0.39, 0.29) is 12.7 Å². The van der Waals surface area contributed by atoms with Gasteiger partial charge >= 0.3 is 0 Å². The molecule has 5 nitrogen and oxygen atoms in total. The molecule has 0 aliphatic carbocycles. The minimum absolute atomic E-state index is 0.131. The van der Waals surface area contributed by atoms with Crippen molar-refractivity contribution in [2.75, 3.05) is 24.6 Å². The van der Waals surface area contributed by atoms with Gasteiger partial charge in [0, 0.05) is 29.3 Å². The summed E-state index contributed by atoms with van der Waals surface area (Å²) in [6, 6.07) is 13.9.